The number of rotatable bonds is 3. The molecule has 0 radical (unpaired) electrons. The Labute approximate surface area is 99.2 Å². The predicted octanol–water partition coefficient (Wildman–Crippen LogP) is 0.329. The van der Waals surface area contributed by atoms with Gasteiger partial charge < -0.3 is 14.7 Å². The number of carbonyl (C=O) groups is 1. The molecule has 0 amide bonds. The van der Waals surface area contributed by atoms with Crippen LogP contribution in [-0.4, -0.2) is 46.8 Å². The first kappa shape index (κ1) is 11.8. The molecule has 0 saturated carbocycles. The van der Waals surface area contributed by atoms with Gasteiger partial charge in [-0.1, -0.05) is 6.92 Å². The van der Waals surface area contributed by atoms with E-state index in [1.807, 2.05) is 17.9 Å². The maximum atomic E-state index is 10.9. The SMILES string of the molecule is CCc1cc(N2CCOC(C(=O)O)C2)ncn1. The minimum atomic E-state index is -0.931. The Morgan fingerprint density at radius 3 is 3.18 bits per heavy atom. The Hall–Kier alpha value is -1.69. The average Bonchev–Trinajstić information content (AvgIpc) is 2.39. The first-order valence-electron chi connectivity index (χ1n) is 5.61. The minimum Gasteiger partial charge on any atom is -0.479 e. The Morgan fingerprint density at radius 1 is 1.65 bits per heavy atom. The van der Waals surface area contributed by atoms with Crippen LogP contribution in [0.25, 0.3) is 0 Å². The van der Waals surface area contributed by atoms with Crippen LogP contribution in [-0.2, 0) is 16.0 Å². The number of aromatic nitrogens is 2. The Bertz CT molecular complexity index is 411. The van der Waals surface area contributed by atoms with Crippen molar-refractivity contribution in [3.8, 4) is 0 Å². The summed E-state index contributed by atoms with van der Waals surface area (Å²) >= 11 is 0. The fraction of sp³-hybridized carbons (Fsp3) is 0.545. The fourth-order valence-corrected chi connectivity index (χ4v) is 1.76. The molecular weight excluding hydrogens is 222 g/mol. The molecule has 1 aliphatic heterocycles. The third-order valence-corrected chi connectivity index (χ3v) is 2.74. The van der Waals surface area contributed by atoms with Crippen LogP contribution in [0.1, 0.15) is 12.6 Å². The van der Waals surface area contributed by atoms with Crippen LogP contribution in [0.2, 0.25) is 0 Å². The molecular formula is C11H15N3O3. The monoisotopic (exact) mass is 237 g/mol. The van der Waals surface area contributed by atoms with E-state index in [9.17, 15) is 4.79 Å². The zero-order valence-electron chi connectivity index (χ0n) is 9.67. The van der Waals surface area contributed by atoms with Crippen molar-refractivity contribution in [1.29, 1.82) is 0 Å². The summed E-state index contributed by atoms with van der Waals surface area (Å²) in [5.74, 6) is -0.161. The van der Waals surface area contributed by atoms with E-state index >= 15 is 0 Å². The highest BCUT2D eigenvalue weighted by Crippen LogP contribution is 2.15. The van der Waals surface area contributed by atoms with Gasteiger partial charge in [-0.2, -0.15) is 0 Å². The van der Waals surface area contributed by atoms with Gasteiger partial charge in [-0.15, -0.1) is 0 Å². The first-order valence-corrected chi connectivity index (χ1v) is 5.61. The van der Waals surface area contributed by atoms with E-state index in [1.165, 1.54) is 6.33 Å². The lowest BCUT2D eigenvalue weighted by atomic mass is 10.2. The molecule has 2 heterocycles. The molecule has 1 fully saturated rings. The highest BCUT2D eigenvalue weighted by molar-refractivity contribution is 5.73. The zero-order valence-corrected chi connectivity index (χ0v) is 9.67. The molecule has 1 unspecified atom stereocenters. The van der Waals surface area contributed by atoms with Crippen molar-refractivity contribution in [3.63, 3.8) is 0 Å². The number of carboxylic acids is 1. The van der Waals surface area contributed by atoms with Crippen LogP contribution in [0.5, 0.6) is 0 Å². The molecule has 0 aliphatic carbocycles. The Balaban J connectivity index is 2.13. The van der Waals surface area contributed by atoms with Crippen molar-refractivity contribution < 1.29 is 14.6 Å². The highest BCUT2D eigenvalue weighted by Gasteiger charge is 2.26. The molecule has 6 nitrogen and oxygen atoms in total. The smallest absolute Gasteiger partial charge is 0.334 e. The fourth-order valence-electron chi connectivity index (χ4n) is 1.76. The minimum absolute atomic E-state index is 0.329. The van der Waals surface area contributed by atoms with Gasteiger partial charge in [0.05, 0.1) is 13.2 Å². The molecule has 2 rings (SSSR count). The Morgan fingerprint density at radius 2 is 2.47 bits per heavy atom. The first-order chi connectivity index (χ1) is 8.20. The molecule has 17 heavy (non-hydrogen) atoms. The molecule has 1 atom stereocenters. The van der Waals surface area contributed by atoms with Gasteiger partial charge in [0.25, 0.3) is 0 Å². The van der Waals surface area contributed by atoms with Crippen molar-refractivity contribution in [2.24, 2.45) is 0 Å². The summed E-state index contributed by atoms with van der Waals surface area (Å²) in [7, 11) is 0. The predicted molar refractivity (Wildman–Crippen MR) is 61.0 cm³/mol. The summed E-state index contributed by atoms with van der Waals surface area (Å²) in [6, 6.07) is 1.89. The summed E-state index contributed by atoms with van der Waals surface area (Å²) in [5, 5.41) is 8.92. The van der Waals surface area contributed by atoms with Gasteiger partial charge in [0.1, 0.15) is 12.1 Å². The molecule has 0 aromatic carbocycles. The van der Waals surface area contributed by atoms with Crippen LogP contribution in [0.4, 0.5) is 5.82 Å². The van der Waals surface area contributed by atoms with Crippen LogP contribution in [0.15, 0.2) is 12.4 Å². The molecule has 1 aliphatic rings. The second kappa shape index (κ2) is 5.09. The number of hydrogen-bond donors (Lipinski definition) is 1. The maximum Gasteiger partial charge on any atom is 0.334 e. The summed E-state index contributed by atoms with van der Waals surface area (Å²) in [4.78, 5) is 21.1. The van der Waals surface area contributed by atoms with Crippen molar-refractivity contribution >= 4 is 11.8 Å². The summed E-state index contributed by atoms with van der Waals surface area (Å²) in [5.41, 5.74) is 0.952. The molecule has 1 aromatic rings. The zero-order chi connectivity index (χ0) is 12.3. The summed E-state index contributed by atoms with van der Waals surface area (Å²) in [6.07, 6.45) is 1.57. The number of ether oxygens (including phenoxy) is 1. The number of aliphatic carboxylic acids is 1. The van der Waals surface area contributed by atoms with Crippen molar-refractivity contribution in [2.45, 2.75) is 19.4 Å². The van der Waals surface area contributed by atoms with E-state index in [0.29, 0.717) is 19.7 Å². The lowest BCUT2D eigenvalue weighted by Crippen LogP contribution is -2.46. The molecule has 0 bridgehead atoms. The lowest BCUT2D eigenvalue weighted by Gasteiger charge is -2.31. The van der Waals surface area contributed by atoms with Gasteiger partial charge in [0, 0.05) is 18.3 Å². The molecule has 6 heteroatoms. The number of morpholine rings is 1. The standard InChI is InChI=1S/C11H15N3O3/c1-2-8-5-10(13-7-12-8)14-3-4-17-9(6-14)11(15)16/h5,7,9H,2-4,6H2,1H3,(H,15,16). The highest BCUT2D eigenvalue weighted by atomic mass is 16.5. The number of nitrogens with zero attached hydrogens (tertiary/aromatic N) is 3. The van der Waals surface area contributed by atoms with Crippen LogP contribution in [0, 0.1) is 0 Å². The molecule has 0 spiro atoms. The van der Waals surface area contributed by atoms with Gasteiger partial charge in [0.2, 0.25) is 0 Å². The van der Waals surface area contributed by atoms with E-state index in [1.54, 1.807) is 0 Å². The maximum absolute atomic E-state index is 10.9. The van der Waals surface area contributed by atoms with E-state index in [4.69, 9.17) is 9.84 Å². The lowest BCUT2D eigenvalue weighted by molar-refractivity contribution is -0.150. The van der Waals surface area contributed by atoms with Crippen LogP contribution >= 0.6 is 0 Å². The Kier molecular flexibility index (Phi) is 3.53. The molecule has 1 saturated heterocycles. The third kappa shape index (κ3) is 2.71. The van der Waals surface area contributed by atoms with Gasteiger partial charge in [-0.3, -0.25) is 0 Å². The number of aryl methyl sites for hydroxylation is 1. The van der Waals surface area contributed by atoms with Crippen molar-refractivity contribution in [3.05, 3.63) is 18.1 Å². The van der Waals surface area contributed by atoms with Gasteiger partial charge in [0.15, 0.2) is 6.10 Å². The van der Waals surface area contributed by atoms with Gasteiger partial charge in [-0.25, -0.2) is 14.8 Å². The van der Waals surface area contributed by atoms with Gasteiger partial charge in [-0.05, 0) is 6.42 Å². The van der Waals surface area contributed by atoms with Gasteiger partial charge >= 0.3 is 5.97 Å². The molecule has 1 aromatic heterocycles. The largest absolute Gasteiger partial charge is 0.479 e. The number of carboxylic acid groups (broad SMARTS) is 1. The van der Waals surface area contributed by atoms with E-state index < -0.39 is 12.1 Å². The molecule has 1 N–H and O–H groups in total. The number of hydrogen-bond acceptors (Lipinski definition) is 5. The molecule has 92 valence electrons. The average molecular weight is 237 g/mol. The quantitative estimate of drug-likeness (QED) is 0.816. The third-order valence-electron chi connectivity index (χ3n) is 2.74. The van der Waals surface area contributed by atoms with Crippen molar-refractivity contribution in [2.75, 3.05) is 24.6 Å². The normalized spacial score (nSPS) is 20.3. The van der Waals surface area contributed by atoms with Crippen LogP contribution in [0.3, 0.4) is 0 Å². The van der Waals surface area contributed by atoms with E-state index in [-0.39, 0.29) is 0 Å². The van der Waals surface area contributed by atoms with E-state index in [2.05, 4.69) is 9.97 Å². The topological polar surface area (TPSA) is 75.5 Å². The summed E-state index contributed by atoms with van der Waals surface area (Å²) in [6.45, 7) is 3.41. The van der Waals surface area contributed by atoms with Crippen LogP contribution < -0.4 is 4.90 Å². The number of anilines is 1. The summed E-state index contributed by atoms with van der Waals surface area (Å²) < 4.78 is 5.16. The van der Waals surface area contributed by atoms with E-state index in [0.717, 1.165) is 17.9 Å². The van der Waals surface area contributed by atoms with Crippen molar-refractivity contribution in [1.82, 2.24) is 9.97 Å². The second-order valence-corrected chi connectivity index (χ2v) is 3.86. The second-order valence-electron chi connectivity index (χ2n) is 3.86.